The molecule has 1 aliphatic carbocycles. The van der Waals surface area contributed by atoms with E-state index in [0.29, 0.717) is 31.7 Å². The van der Waals surface area contributed by atoms with Gasteiger partial charge in [-0.05, 0) is 122 Å². The highest BCUT2D eigenvalue weighted by atomic mass is 16.6. The first-order valence-electron chi connectivity index (χ1n) is 19.7. The first kappa shape index (κ1) is 45.7. The summed E-state index contributed by atoms with van der Waals surface area (Å²) < 4.78 is 15.7. The third-order valence-corrected chi connectivity index (χ3v) is 9.50. The second-order valence-corrected chi connectivity index (χ2v) is 16.6. The summed E-state index contributed by atoms with van der Waals surface area (Å²) in [4.78, 5) is 78.0. The number of rotatable bonds is 18. The molecule has 56 heavy (non-hydrogen) atoms. The molecule has 1 aliphatic rings. The van der Waals surface area contributed by atoms with Crippen LogP contribution in [0.3, 0.4) is 0 Å². The van der Waals surface area contributed by atoms with Crippen molar-refractivity contribution in [2.24, 2.45) is 17.6 Å². The molecule has 3 unspecified atom stereocenters. The van der Waals surface area contributed by atoms with Gasteiger partial charge in [0.1, 0.15) is 29.3 Å². The normalized spacial score (nSPS) is 17.4. The van der Waals surface area contributed by atoms with Gasteiger partial charge in [-0.15, -0.1) is 0 Å². The van der Waals surface area contributed by atoms with Crippen molar-refractivity contribution in [1.29, 1.82) is 0 Å². The lowest BCUT2D eigenvalue weighted by Crippen LogP contribution is -2.52. The summed E-state index contributed by atoms with van der Waals surface area (Å²) in [6.45, 7) is 11.1. The van der Waals surface area contributed by atoms with E-state index in [0.717, 1.165) is 42.0 Å². The molecule has 2 aromatic carbocycles. The summed E-state index contributed by atoms with van der Waals surface area (Å²) in [7, 11) is 1.20. The highest BCUT2D eigenvalue weighted by Crippen LogP contribution is 2.28. The Morgan fingerprint density at radius 1 is 0.750 bits per heavy atom. The fourth-order valence-electron chi connectivity index (χ4n) is 6.59. The van der Waals surface area contributed by atoms with Crippen molar-refractivity contribution in [2.45, 2.75) is 135 Å². The Morgan fingerprint density at radius 3 is 1.98 bits per heavy atom. The maximum absolute atomic E-state index is 13.6. The van der Waals surface area contributed by atoms with E-state index in [4.69, 9.17) is 19.9 Å². The Kier molecular flexibility index (Phi) is 17.6. The van der Waals surface area contributed by atoms with Gasteiger partial charge in [0, 0.05) is 25.3 Å². The van der Waals surface area contributed by atoms with E-state index in [2.05, 4.69) is 21.3 Å². The minimum absolute atomic E-state index is 0.0858. The standard InChI is InChI=1S/C42H63N5O9/c1-41(2,3)55-35(48)22-21-33(39(52)56-42(4,5)6)47-40(53)46-32(38(51)54-7)14-10-11-23-44-37(50)34(45-36(49)30-19-15-27(26-43)16-20-30)25-28-17-18-29-12-8-9-13-31(29)24-28/h8-9,12-13,17-18,24,27,30,32-34H,10-11,14-16,19-23,25-26,43H2,1-7H3,(H,44,50)(H,45,49)(H2,46,47,53). The number of esters is 3. The van der Waals surface area contributed by atoms with Gasteiger partial charge in [-0.1, -0.05) is 42.5 Å². The number of hydrogen-bond donors (Lipinski definition) is 5. The first-order valence-corrected chi connectivity index (χ1v) is 19.7. The number of ether oxygens (including phenoxy) is 3. The van der Waals surface area contributed by atoms with Gasteiger partial charge >= 0.3 is 23.9 Å². The van der Waals surface area contributed by atoms with E-state index in [9.17, 15) is 28.8 Å². The summed E-state index contributed by atoms with van der Waals surface area (Å²) >= 11 is 0. The average Bonchev–Trinajstić information content (AvgIpc) is 3.13. The molecule has 3 rings (SSSR count). The van der Waals surface area contributed by atoms with E-state index in [1.165, 1.54) is 7.11 Å². The molecule has 0 aliphatic heterocycles. The highest BCUT2D eigenvalue weighted by Gasteiger charge is 2.31. The smallest absolute Gasteiger partial charge is 0.329 e. The van der Waals surface area contributed by atoms with E-state index < -0.39 is 53.3 Å². The molecule has 0 radical (unpaired) electrons. The number of hydrogen-bond acceptors (Lipinski definition) is 10. The van der Waals surface area contributed by atoms with Crippen molar-refractivity contribution in [3.8, 4) is 0 Å². The monoisotopic (exact) mass is 781 g/mol. The Morgan fingerprint density at radius 2 is 1.38 bits per heavy atom. The predicted molar refractivity (Wildman–Crippen MR) is 213 cm³/mol. The van der Waals surface area contributed by atoms with Gasteiger partial charge in [0.15, 0.2) is 0 Å². The number of methoxy groups -OCH3 is 1. The number of benzene rings is 2. The number of unbranched alkanes of at least 4 members (excludes halogenated alkanes) is 1. The summed E-state index contributed by atoms with van der Waals surface area (Å²) in [5, 5.41) is 13.2. The zero-order valence-electron chi connectivity index (χ0n) is 34.2. The van der Waals surface area contributed by atoms with Crippen LogP contribution in [0.5, 0.6) is 0 Å². The quantitative estimate of drug-likeness (QED) is 0.0809. The Hall–Kier alpha value is -4.72. The summed E-state index contributed by atoms with van der Waals surface area (Å²) in [6.07, 6.45) is 4.36. The summed E-state index contributed by atoms with van der Waals surface area (Å²) in [5.74, 6) is -2.17. The van der Waals surface area contributed by atoms with Crippen molar-refractivity contribution in [2.75, 3.05) is 20.2 Å². The predicted octanol–water partition coefficient (Wildman–Crippen LogP) is 4.59. The van der Waals surface area contributed by atoms with Crippen LogP contribution in [-0.4, -0.2) is 85.3 Å². The number of urea groups is 1. The molecule has 0 heterocycles. The lowest BCUT2D eigenvalue weighted by atomic mass is 9.81. The third kappa shape index (κ3) is 16.2. The van der Waals surface area contributed by atoms with Crippen LogP contribution in [-0.2, 0) is 44.6 Å². The fraction of sp³-hybridized carbons (Fsp3) is 0.619. The molecule has 0 saturated heterocycles. The van der Waals surface area contributed by atoms with Crippen molar-refractivity contribution in [1.82, 2.24) is 21.3 Å². The van der Waals surface area contributed by atoms with Crippen LogP contribution in [0.2, 0.25) is 0 Å². The minimum atomic E-state index is -1.20. The lowest BCUT2D eigenvalue weighted by Gasteiger charge is -2.28. The largest absolute Gasteiger partial charge is 0.467 e. The maximum Gasteiger partial charge on any atom is 0.329 e. The molecule has 6 N–H and O–H groups in total. The second kappa shape index (κ2) is 21.5. The summed E-state index contributed by atoms with van der Waals surface area (Å²) in [5.41, 5.74) is 5.19. The Labute approximate surface area is 331 Å². The van der Waals surface area contributed by atoms with Crippen LogP contribution in [0, 0.1) is 11.8 Å². The van der Waals surface area contributed by atoms with Gasteiger partial charge in [-0.3, -0.25) is 14.4 Å². The fourth-order valence-corrected chi connectivity index (χ4v) is 6.59. The number of carbonyl (C=O) groups is 6. The van der Waals surface area contributed by atoms with E-state index >= 15 is 0 Å². The van der Waals surface area contributed by atoms with Crippen LogP contribution in [0.4, 0.5) is 4.79 Å². The van der Waals surface area contributed by atoms with E-state index in [1.54, 1.807) is 41.5 Å². The molecule has 4 amide bonds. The molecule has 1 saturated carbocycles. The molecule has 0 aromatic heterocycles. The molecule has 14 nitrogen and oxygen atoms in total. The van der Waals surface area contributed by atoms with Crippen molar-refractivity contribution >= 4 is 46.5 Å². The first-order chi connectivity index (χ1) is 26.4. The zero-order chi connectivity index (χ0) is 41.5. The van der Waals surface area contributed by atoms with Crippen LogP contribution in [0.25, 0.3) is 10.8 Å². The van der Waals surface area contributed by atoms with Gasteiger partial charge in [0.2, 0.25) is 11.8 Å². The van der Waals surface area contributed by atoms with Crippen LogP contribution < -0.4 is 27.0 Å². The molecule has 0 bridgehead atoms. The van der Waals surface area contributed by atoms with Crippen molar-refractivity contribution < 1.29 is 43.0 Å². The van der Waals surface area contributed by atoms with E-state index in [1.807, 2.05) is 42.5 Å². The van der Waals surface area contributed by atoms with Gasteiger partial charge in [0.25, 0.3) is 0 Å². The van der Waals surface area contributed by atoms with E-state index in [-0.39, 0.29) is 43.5 Å². The number of fused-ring (bicyclic) bond motifs is 1. The molecular weight excluding hydrogens is 718 g/mol. The number of amides is 4. The molecule has 310 valence electrons. The number of nitrogens with one attached hydrogen (secondary N) is 4. The highest BCUT2D eigenvalue weighted by molar-refractivity contribution is 5.90. The Balaban J connectivity index is 1.59. The lowest BCUT2D eigenvalue weighted by molar-refractivity contribution is -0.158. The molecule has 3 atom stereocenters. The van der Waals surface area contributed by atoms with Gasteiger partial charge in [-0.2, -0.15) is 0 Å². The molecule has 2 aromatic rings. The Bertz CT molecular complexity index is 1640. The van der Waals surface area contributed by atoms with Gasteiger partial charge in [-0.25, -0.2) is 14.4 Å². The number of carbonyl (C=O) groups excluding carboxylic acids is 6. The van der Waals surface area contributed by atoms with Crippen LogP contribution >= 0.6 is 0 Å². The second-order valence-electron chi connectivity index (χ2n) is 16.6. The van der Waals surface area contributed by atoms with Crippen LogP contribution in [0.15, 0.2) is 42.5 Å². The minimum Gasteiger partial charge on any atom is -0.467 e. The molecule has 14 heteroatoms. The maximum atomic E-state index is 13.6. The summed E-state index contributed by atoms with van der Waals surface area (Å²) in [6, 6.07) is 10.1. The number of nitrogens with two attached hydrogens (primary N) is 1. The average molecular weight is 782 g/mol. The topological polar surface area (TPSA) is 204 Å². The van der Waals surface area contributed by atoms with Gasteiger partial charge in [0.05, 0.1) is 7.11 Å². The molecular formula is C42H63N5O9. The zero-order valence-corrected chi connectivity index (χ0v) is 34.2. The SMILES string of the molecule is COC(=O)C(CCCCNC(=O)C(Cc1ccc2ccccc2c1)NC(=O)C1CCC(CN)CC1)NC(=O)NC(CCC(=O)OC(C)(C)C)C(=O)OC(C)(C)C. The van der Waals surface area contributed by atoms with Gasteiger partial charge < -0.3 is 41.2 Å². The molecule has 1 fully saturated rings. The molecule has 0 spiro atoms. The van der Waals surface area contributed by atoms with Crippen molar-refractivity contribution in [3.63, 3.8) is 0 Å². The third-order valence-electron chi connectivity index (χ3n) is 9.50. The van der Waals surface area contributed by atoms with Crippen LogP contribution in [0.1, 0.15) is 105 Å². The van der Waals surface area contributed by atoms with Crippen molar-refractivity contribution in [3.05, 3.63) is 48.0 Å².